The first-order chi connectivity index (χ1) is 8.84. The van der Waals surface area contributed by atoms with E-state index in [2.05, 4.69) is 0 Å². The molecule has 0 bridgehead atoms. The minimum absolute atomic E-state index is 0. The maximum Gasteiger partial charge on any atom is 0.300 e. The van der Waals surface area contributed by atoms with Crippen molar-refractivity contribution in [3.63, 3.8) is 0 Å². The molecule has 0 heterocycles. The molecule has 0 aromatic rings. The second kappa shape index (κ2) is 58.1. The van der Waals surface area contributed by atoms with Crippen molar-refractivity contribution in [3.05, 3.63) is 0 Å². The van der Waals surface area contributed by atoms with Crippen molar-refractivity contribution in [1.29, 1.82) is 0 Å². The van der Waals surface area contributed by atoms with Crippen molar-refractivity contribution < 1.29 is 67.6 Å². The van der Waals surface area contributed by atoms with Crippen LogP contribution < -0.4 is 17.6 Å². The van der Waals surface area contributed by atoms with E-state index in [1.54, 1.807) is 0 Å². The number of rotatable bonds is 1. The second-order valence-corrected chi connectivity index (χ2v) is 2.65. The van der Waals surface area contributed by atoms with Gasteiger partial charge in [0.15, 0.2) is 0 Å². The standard InChI is InChI=1S/C2H8N2.4C2H4O2.Fe.H3N.2H2O/c3-1-2-4;4*1-2(3)4;;;;/h1-4H2;4*1H3,(H,3,4);;1H3;2*1H2. The van der Waals surface area contributed by atoms with Gasteiger partial charge in [0.1, 0.15) is 0 Å². The second-order valence-electron chi connectivity index (χ2n) is 2.65. The molecule has 0 aliphatic rings. The Kier molecular flexibility index (Phi) is 139. The van der Waals surface area contributed by atoms with Crippen LogP contribution in [0.4, 0.5) is 0 Å². The molecule has 13 nitrogen and oxygen atoms in total. The summed E-state index contributed by atoms with van der Waals surface area (Å²) in [5.74, 6) is -3.33. The maximum atomic E-state index is 9.00. The first-order valence-corrected chi connectivity index (χ1v) is 5.03. The van der Waals surface area contributed by atoms with Crippen LogP contribution in [0.15, 0.2) is 0 Å². The predicted octanol–water partition coefficient (Wildman–Crippen LogP) is -2.22. The SMILES string of the molecule is CC(=O)O.CC(=O)O.CC(=O)O.CC(=O)O.N.NCCN.O.O.[Fe]. The molecule has 0 fully saturated rings. The smallest absolute Gasteiger partial charge is 0.300 e. The summed E-state index contributed by atoms with van der Waals surface area (Å²) in [7, 11) is 0. The molecule has 154 valence electrons. The van der Waals surface area contributed by atoms with Crippen molar-refractivity contribution >= 4 is 23.9 Å². The zero-order chi connectivity index (χ0) is 17.7. The van der Waals surface area contributed by atoms with Crippen LogP contribution in [0, 0.1) is 0 Å². The molecule has 0 unspecified atom stereocenters. The molecule has 0 aliphatic carbocycles. The van der Waals surface area contributed by atoms with E-state index < -0.39 is 23.9 Å². The van der Waals surface area contributed by atoms with Crippen molar-refractivity contribution in [2.45, 2.75) is 27.7 Å². The van der Waals surface area contributed by atoms with Crippen LogP contribution in [0.2, 0.25) is 0 Å². The normalized spacial score (nSPS) is 5.42. The molecule has 14 heteroatoms. The van der Waals surface area contributed by atoms with Gasteiger partial charge in [0.25, 0.3) is 23.9 Å². The molecule has 0 radical (unpaired) electrons. The average Bonchev–Trinajstić information content (AvgIpc) is 2.13. The molecule has 0 spiro atoms. The molecule has 0 aromatic heterocycles. The zero-order valence-electron chi connectivity index (χ0n) is 14.1. The van der Waals surface area contributed by atoms with E-state index >= 15 is 0 Å². The summed E-state index contributed by atoms with van der Waals surface area (Å²) in [6.45, 7) is 5.53. The van der Waals surface area contributed by atoms with Crippen LogP contribution in [-0.4, -0.2) is 68.3 Å². The third-order valence-electron chi connectivity index (χ3n) is 0.167. The van der Waals surface area contributed by atoms with Crippen molar-refractivity contribution in [2.75, 3.05) is 13.1 Å². The fourth-order valence-electron chi connectivity index (χ4n) is 0. The van der Waals surface area contributed by atoms with Crippen LogP contribution in [0.3, 0.4) is 0 Å². The minimum atomic E-state index is -0.833. The Labute approximate surface area is 150 Å². The molecule has 24 heavy (non-hydrogen) atoms. The maximum absolute atomic E-state index is 9.00. The van der Waals surface area contributed by atoms with E-state index in [1.807, 2.05) is 0 Å². The van der Waals surface area contributed by atoms with E-state index in [0.717, 1.165) is 27.7 Å². The van der Waals surface area contributed by atoms with Crippen molar-refractivity contribution in [3.8, 4) is 0 Å². The molecular formula is C10H31FeN3O10. The Morgan fingerprint density at radius 1 is 0.625 bits per heavy atom. The number of carboxylic acids is 4. The van der Waals surface area contributed by atoms with Crippen LogP contribution in [-0.2, 0) is 36.2 Å². The molecule has 0 atom stereocenters. The van der Waals surface area contributed by atoms with Crippen molar-refractivity contribution in [2.24, 2.45) is 11.5 Å². The molecule has 0 saturated carbocycles. The number of nitrogens with two attached hydrogens (primary N) is 2. The number of carbonyl (C=O) groups is 4. The van der Waals surface area contributed by atoms with E-state index in [1.165, 1.54) is 0 Å². The summed E-state index contributed by atoms with van der Waals surface area (Å²) in [5, 5.41) is 29.7. The summed E-state index contributed by atoms with van der Waals surface area (Å²) in [5.41, 5.74) is 9.81. The molecule has 15 N–H and O–H groups in total. The predicted molar refractivity (Wildman–Crippen MR) is 83.6 cm³/mol. The topological polar surface area (TPSA) is 299 Å². The number of aliphatic carboxylic acids is 4. The number of hydrogen-bond acceptors (Lipinski definition) is 7. The molecule has 0 aliphatic heterocycles. The molecule has 0 saturated heterocycles. The minimum Gasteiger partial charge on any atom is -0.481 e. The van der Waals surface area contributed by atoms with E-state index in [9.17, 15) is 0 Å². The molecule has 0 rings (SSSR count). The summed E-state index contributed by atoms with van der Waals surface area (Å²) >= 11 is 0. The van der Waals surface area contributed by atoms with Crippen molar-refractivity contribution in [1.82, 2.24) is 6.15 Å². The molecule has 0 amide bonds. The summed E-state index contributed by atoms with van der Waals surface area (Å²) < 4.78 is 0. The van der Waals surface area contributed by atoms with E-state index in [0.29, 0.717) is 13.1 Å². The van der Waals surface area contributed by atoms with Gasteiger partial charge in [0.2, 0.25) is 0 Å². The first-order valence-electron chi connectivity index (χ1n) is 5.03. The van der Waals surface area contributed by atoms with Gasteiger partial charge in [-0.25, -0.2) is 0 Å². The Morgan fingerprint density at radius 3 is 0.667 bits per heavy atom. The number of hydrogen-bond donors (Lipinski definition) is 7. The number of carboxylic acid groups (broad SMARTS) is 4. The van der Waals surface area contributed by atoms with Crippen LogP contribution in [0.1, 0.15) is 27.7 Å². The van der Waals surface area contributed by atoms with Gasteiger partial charge < -0.3 is 49.0 Å². The summed E-state index contributed by atoms with van der Waals surface area (Å²) in [6.07, 6.45) is 0. The Balaban J connectivity index is -0.0000000161. The van der Waals surface area contributed by atoms with Gasteiger partial charge in [0.05, 0.1) is 0 Å². The zero-order valence-corrected chi connectivity index (χ0v) is 15.2. The van der Waals surface area contributed by atoms with Gasteiger partial charge in [-0.1, -0.05) is 0 Å². The van der Waals surface area contributed by atoms with Gasteiger partial charge in [0, 0.05) is 57.9 Å². The van der Waals surface area contributed by atoms with Gasteiger partial charge >= 0.3 is 0 Å². The summed E-state index contributed by atoms with van der Waals surface area (Å²) in [6, 6.07) is 0. The van der Waals surface area contributed by atoms with E-state index in [4.69, 9.17) is 51.1 Å². The van der Waals surface area contributed by atoms with Crippen LogP contribution in [0.5, 0.6) is 0 Å². The van der Waals surface area contributed by atoms with Gasteiger partial charge in [-0.3, -0.25) is 19.2 Å². The first kappa shape index (κ1) is 57.3. The largest absolute Gasteiger partial charge is 0.481 e. The van der Waals surface area contributed by atoms with E-state index in [-0.39, 0.29) is 34.2 Å². The van der Waals surface area contributed by atoms with Gasteiger partial charge in [-0.2, -0.15) is 0 Å². The molecular weight excluding hydrogens is 378 g/mol. The fourth-order valence-corrected chi connectivity index (χ4v) is 0. The monoisotopic (exact) mass is 409 g/mol. The van der Waals surface area contributed by atoms with Crippen LogP contribution in [0.25, 0.3) is 0 Å². The Morgan fingerprint density at radius 2 is 0.667 bits per heavy atom. The van der Waals surface area contributed by atoms with Gasteiger partial charge in [-0.05, 0) is 0 Å². The quantitative estimate of drug-likeness (QED) is 0.227. The fraction of sp³-hybridized carbons (Fsp3) is 0.600. The van der Waals surface area contributed by atoms with Gasteiger partial charge in [-0.15, -0.1) is 0 Å². The Hall–Kier alpha value is -1.80. The summed E-state index contributed by atoms with van der Waals surface area (Å²) in [4.78, 5) is 36.0. The Bertz CT molecular complexity index is 201. The third kappa shape index (κ3) is 11600. The molecule has 0 aromatic carbocycles. The third-order valence-corrected chi connectivity index (χ3v) is 0.167. The average molecular weight is 409 g/mol. The van der Waals surface area contributed by atoms with Crippen LogP contribution >= 0.6 is 0 Å².